The molecular formula is C13H20O2. The highest BCUT2D eigenvalue weighted by Crippen LogP contribution is 2.54. The van der Waals surface area contributed by atoms with Crippen molar-refractivity contribution in [2.24, 2.45) is 23.2 Å². The van der Waals surface area contributed by atoms with Gasteiger partial charge in [0.2, 0.25) is 0 Å². The van der Waals surface area contributed by atoms with E-state index in [1.165, 1.54) is 12.8 Å². The quantitative estimate of drug-likeness (QED) is 0.672. The zero-order valence-corrected chi connectivity index (χ0v) is 9.57. The molecule has 84 valence electrons. The summed E-state index contributed by atoms with van der Waals surface area (Å²) in [4.78, 5) is 11.4. The van der Waals surface area contributed by atoms with E-state index in [2.05, 4.69) is 26.0 Å². The molecule has 2 heteroatoms. The van der Waals surface area contributed by atoms with Crippen LogP contribution in [0.3, 0.4) is 0 Å². The van der Waals surface area contributed by atoms with Crippen molar-refractivity contribution in [2.45, 2.75) is 39.5 Å². The summed E-state index contributed by atoms with van der Waals surface area (Å²) in [6.45, 7) is 4.29. The molecule has 0 radical (unpaired) electrons. The largest absolute Gasteiger partial charge is 0.481 e. The van der Waals surface area contributed by atoms with Crippen LogP contribution in [0.15, 0.2) is 12.2 Å². The second kappa shape index (κ2) is 3.66. The summed E-state index contributed by atoms with van der Waals surface area (Å²) in [6, 6.07) is 0. The molecule has 0 amide bonds. The second-order valence-electron chi connectivity index (χ2n) is 5.34. The van der Waals surface area contributed by atoms with Crippen molar-refractivity contribution in [3.05, 3.63) is 12.2 Å². The van der Waals surface area contributed by atoms with Gasteiger partial charge in [0.15, 0.2) is 0 Å². The lowest BCUT2D eigenvalue weighted by atomic mass is 9.61. The normalized spacial score (nSPS) is 44.8. The Morgan fingerprint density at radius 2 is 2.20 bits per heavy atom. The molecule has 1 fully saturated rings. The van der Waals surface area contributed by atoms with E-state index in [4.69, 9.17) is 0 Å². The average Bonchev–Trinajstić information content (AvgIpc) is 2.48. The molecule has 2 aliphatic carbocycles. The first-order valence-corrected chi connectivity index (χ1v) is 5.98. The predicted molar refractivity (Wildman–Crippen MR) is 59.5 cm³/mol. The Balaban J connectivity index is 2.38. The van der Waals surface area contributed by atoms with Crippen molar-refractivity contribution in [1.82, 2.24) is 0 Å². The predicted octanol–water partition coefficient (Wildman–Crippen LogP) is 3.09. The molecule has 1 saturated carbocycles. The van der Waals surface area contributed by atoms with Crippen molar-refractivity contribution in [3.63, 3.8) is 0 Å². The number of rotatable bonds is 1. The maximum atomic E-state index is 11.4. The van der Waals surface area contributed by atoms with Crippen LogP contribution in [-0.4, -0.2) is 11.1 Å². The van der Waals surface area contributed by atoms with Gasteiger partial charge in [-0.25, -0.2) is 0 Å². The Hall–Kier alpha value is -0.790. The topological polar surface area (TPSA) is 37.3 Å². The van der Waals surface area contributed by atoms with Gasteiger partial charge in [0, 0.05) is 5.41 Å². The summed E-state index contributed by atoms with van der Waals surface area (Å²) >= 11 is 0. The summed E-state index contributed by atoms with van der Waals surface area (Å²) in [6.07, 6.45) is 8.76. The van der Waals surface area contributed by atoms with Crippen LogP contribution in [0.5, 0.6) is 0 Å². The molecule has 2 rings (SSSR count). The Kier molecular flexibility index (Phi) is 2.61. The van der Waals surface area contributed by atoms with Crippen LogP contribution in [-0.2, 0) is 4.79 Å². The Morgan fingerprint density at radius 3 is 2.73 bits per heavy atom. The van der Waals surface area contributed by atoms with Crippen LogP contribution in [0.2, 0.25) is 0 Å². The molecular weight excluding hydrogens is 188 g/mol. The lowest BCUT2D eigenvalue weighted by Crippen LogP contribution is -2.42. The fourth-order valence-corrected chi connectivity index (χ4v) is 3.68. The third kappa shape index (κ3) is 1.51. The van der Waals surface area contributed by atoms with Crippen molar-refractivity contribution >= 4 is 5.97 Å². The fourth-order valence-electron chi connectivity index (χ4n) is 3.68. The van der Waals surface area contributed by atoms with Gasteiger partial charge in [-0.15, -0.1) is 0 Å². The highest BCUT2D eigenvalue weighted by atomic mass is 16.4. The summed E-state index contributed by atoms with van der Waals surface area (Å²) in [5, 5.41) is 9.42. The second-order valence-corrected chi connectivity index (χ2v) is 5.34. The molecule has 0 saturated heterocycles. The molecule has 0 aromatic carbocycles. The highest BCUT2D eigenvalue weighted by Gasteiger charge is 2.50. The molecule has 0 aromatic heterocycles. The number of allylic oxidation sites excluding steroid dienone is 2. The maximum Gasteiger partial charge on any atom is 0.307 e. The molecule has 4 unspecified atom stereocenters. The van der Waals surface area contributed by atoms with Crippen LogP contribution in [0, 0.1) is 23.2 Å². The fraction of sp³-hybridized carbons (Fsp3) is 0.769. The van der Waals surface area contributed by atoms with Gasteiger partial charge in [0.1, 0.15) is 0 Å². The van der Waals surface area contributed by atoms with Crippen molar-refractivity contribution < 1.29 is 9.90 Å². The van der Waals surface area contributed by atoms with Gasteiger partial charge >= 0.3 is 5.97 Å². The van der Waals surface area contributed by atoms with E-state index < -0.39 is 5.97 Å². The maximum absolute atomic E-state index is 11.4. The minimum absolute atomic E-state index is 0.0382. The number of hydrogen-bond acceptors (Lipinski definition) is 1. The number of aliphatic carboxylic acids is 1. The van der Waals surface area contributed by atoms with Gasteiger partial charge in [-0.1, -0.05) is 32.4 Å². The van der Waals surface area contributed by atoms with E-state index >= 15 is 0 Å². The van der Waals surface area contributed by atoms with Gasteiger partial charge in [-0.2, -0.15) is 0 Å². The number of carboxylic acid groups (broad SMARTS) is 1. The van der Waals surface area contributed by atoms with E-state index in [1.54, 1.807) is 0 Å². The van der Waals surface area contributed by atoms with Crippen molar-refractivity contribution in [2.75, 3.05) is 0 Å². The molecule has 1 N–H and O–H groups in total. The summed E-state index contributed by atoms with van der Waals surface area (Å²) in [5.74, 6) is 0.0475. The Bertz CT molecular complexity index is 295. The highest BCUT2D eigenvalue weighted by molar-refractivity contribution is 5.72. The minimum Gasteiger partial charge on any atom is -0.481 e. The lowest BCUT2D eigenvalue weighted by Gasteiger charge is -2.42. The van der Waals surface area contributed by atoms with Gasteiger partial charge in [0.25, 0.3) is 0 Å². The third-order valence-corrected chi connectivity index (χ3v) is 4.51. The standard InChI is InChI=1S/C13H20O2/c1-9-5-3-7-13(11(9)12(14)15)8-4-6-10(13)2/h3,7,9-11H,4-6,8H2,1-2H3,(H,14,15). The smallest absolute Gasteiger partial charge is 0.307 e. The zero-order valence-electron chi connectivity index (χ0n) is 9.57. The van der Waals surface area contributed by atoms with Crippen LogP contribution in [0.4, 0.5) is 0 Å². The number of carboxylic acids is 1. The van der Waals surface area contributed by atoms with Gasteiger partial charge < -0.3 is 5.11 Å². The first kappa shape index (κ1) is 10.7. The lowest BCUT2D eigenvalue weighted by molar-refractivity contribution is -0.149. The summed E-state index contributed by atoms with van der Waals surface area (Å²) in [7, 11) is 0. The molecule has 1 spiro atoms. The van der Waals surface area contributed by atoms with E-state index in [9.17, 15) is 9.90 Å². The van der Waals surface area contributed by atoms with Crippen molar-refractivity contribution in [1.29, 1.82) is 0 Å². The first-order valence-electron chi connectivity index (χ1n) is 5.98. The van der Waals surface area contributed by atoms with Gasteiger partial charge in [-0.3, -0.25) is 4.79 Å². The van der Waals surface area contributed by atoms with Crippen LogP contribution >= 0.6 is 0 Å². The molecule has 4 atom stereocenters. The molecule has 2 aliphatic rings. The number of hydrogen-bond donors (Lipinski definition) is 1. The molecule has 0 heterocycles. The van der Waals surface area contributed by atoms with Crippen LogP contribution in [0.1, 0.15) is 39.5 Å². The first-order chi connectivity index (χ1) is 7.08. The number of carbonyl (C=O) groups is 1. The molecule has 2 nitrogen and oxygen atoms in total. The zero-order chi connectivity index (χ0) is 11.1. The SMILES string of the molecule is CC1CC=CC2(CCCC2C)C1C(=O)O. The summed E-state index contributed by atoms with van der Waals surface area (Å²) < 4.78 is 0. The molecule has 15 heavy (non-hydrogen) atoms. The minimum atomic E-state index is -0.597. The molecule has 0 bridgehead atoms. The van der Waals surface area contributed by atoms with Gasteiger partial charge in [-0.05, 0) is 31.1 Å². The van der Waals surface area contributed by atoms with Crippen LogP contribution in [0.25, 0.3) is 0 Å². The monoisotopic (exact) mass is 208 g/mol. The van der Waals surface area contributed by atoms with Crippen molar-refractivity contribution in [3.8, 4) is 0 Å². The Labute approximate surface area is 91.4 Å². The summed E-state index contributed by atoms with van der Waals surface area (Å²) in [5.41, 5.74) is -0.0382. The van der Waals surface area contributed by atoms with E-state index in [0.717, 1.165) is 12.8 Å². The van der Waals surface area contributed by atoms with Gasteiger partial charge in [0.05, 0.1) is 5.92 Å². The average molecular weight is 208 g/mol. The third-order valence-electron chi connectivity index (χ3n) is 4.51. The van der Waals surface area contributed by atoms with Crippen LogP contribution < -0.4 is 0 Å². The van der Waals surface area contributed by atoms with E-state index in [0.29, 0.717) is 5.92 Å². The van der Waals surface area contributed by atoms with E-state index in [1.807, 2.05) is 0 Å². The molecule has 0 aliphatic heterocycles. The Morgan fingerprint density at radius 1 is 1.47 bits per heavy atom. The molecule has 0 aromatic rings. The van der Waals surface area contributed by atoms with E-state index in [-0.39, 0.29) is 17.3 Å².